The van der Waals surface area contributed by atoms with E-state index in [1.807, 2.05) is 6.92 Å². The minimum absolute atomic E-state index is 0.0567. The molecule has 2 nitrogen and oxygen atoms in total. The molecule has 0 aromatic carbocycles. The molecule has 78 valence electrons. The molecule has 0 saturated carbocycles. The zero-order valence-corrected chi connectivity index (χ0v) is 9.74. The van der Waals surface area contributed by atoms with E-state index in [-0.39, 0.29) is 17.4 Å². The lowest BCUT2D eigenvalue weighted by Crippen LogP contribution is -2.47. The molecule has 3 heteroatoms. The number of hydrogen-bond acceptors (Lipinski definition) is 1. The fourth-order valence-electron chi connectivity index (χ4n) is 0.917. The van der Waals surface area contributed by atoms with Crippen molar-refractivity contribution in [1.82, 2.24) is 5.32 Å². The number of nitrogens with one attached hydrogen (secondary N) is 1. The van der Waals surface area contributed by atoms with Crippen LogP contribution in [0.3, 0.4) is 0 Å². The Morgan fingerprint density at radius 3 is 2.23 bits per heavy atom. The van der Waals surface area contributed by atoms with Crippen molar-refractivity contribution in [2.45, 2.75) is 46.1 Å². The summed E-state index contributed by atoms with van der Waals surface area (Å²) in [5.41, 5.74) is -0.0720. The lowest BCUT2D eigenvalue weighted by Gasteiger charge is -2.29. The van der Waals surface area contributed by atoms with Crippen molar-refractivity contribution < 1.29 is 4.79 Å². The lowest BCUT2D eigenvalue weighted by atomic mass is 9.95. The highest BCUT2D eigenvalue weighted by molar-refractivity contribution is 6.19. The summed E-state index contributed by atoms with van der Waals surface area (Å²) >= 11 is 5.60. The summed E-state index contributed by atoms with van der Waals surface area (Å²) in [6.07, 6.45) is 1.90. The van der Waals surface area contributed by atoms with Crippen LogP contribution in [0.15, 0.2) is 0 Å². The van der Waals surface area contributed by atoms with Gasteiger partial charge < -0.3 is 5.32 Å². The fourth-order valence-corrected chi connectivity index (χ4v) is 1.06. The summed E-state index contributed by atoms with van der Waals surface area (Å²) in [7, 11) is 0. The number of carbonyl (C=O) groups is 1. The van der Waals surface area contributed by atoms with Gasteiger partial charge in [0.2, 0.25) is 5.91 Å². The topological polar surface area (TPSA) is 29.1 Å². The molecule has 0 saturated heterocycles. The minimum atomic E-state index is -0.0981. The van der Waals surface area contributed by atoms with E-state index in [4.69, 9.17) is 11.6 Å². The summed E-state index contributed by atoms with van der Waals surface area (Å²) in [5, 5.41) is 3.02. The highest BCUT2D eigenvalue weighted by Crippen LogP contribution is 2.14. The van der Waals surface area contributed by atoms with Crippen molar-refractivity contribution in [3.05, 3.63) is 0 Å². The Hall–Kier alpha value is -0.240. The van der Waals surface area contributed by atoms with Crippen LogP contribution in [0.5, 0.6) is 0 Å². The van der Waals surface area contributed by atoms with Gasteiger partial charge in [0.1, 0.15) is 0 Å². The average molecular weight is 206 g/mol. The van der Waals surface area contributed by atoms with Gasteiger partial charge in [0.15, 0.2) is 0 Å². The van der Waals surface area contributed by atoms with Crippen LogP contribution in [0.25, 0.3) is 0 Å². The maximum Gasteiger partial charge on any atom is 0.224 e. The predicted octanol–water partition coefficient (Wildman–Crippen LogP) is 2.56. The third kappa shape index (κ3) is 3.99. The monoisotopic (exact) mass is 205 g/mol. The molecular formula is C10H20ClNO. The van der Waals surface area contributed by atoms with Crippen LogP contribution < -0.4 is 5.32 Å². The quantitative estimate of drug-likeness (QED) is 0.687. The molecule has 0 rings (SSSR count). The molecule has 0 aromatic heterocycles. The summed E-state index contributed by atoms with van der Waals surface area (Å²) in [6, 6.07) is 0. The normalized spacial score (nSPS) is 13.9. The summed E-state index contributed by atoms with van der Waals surface area (Å²) in [5.74, 6) is 0.343. The molecule has 0 aliphatic rings. The molecule has 1 unspecified atom stereocenters. The Balaban J connectivity index is 4.17. The van der Waals surface area contributed by atoms with Crippen LogP contribution in [-0.4, -0.2) is 17.3 Å². The van der Waals surface area contributed by atoms with Crippen LogP contribution in [-0.2, 0) is 4.79 Å². The molecule has 1 atom stereocenters. The fraction of sp³-hybridized carbons (Fsp3) is 0.900. The molecule has 0 aliphatic carbocycles. The van der Waals surface area contributed by atoms with Gasteiger partial charge in [-0.1, -0.05) is 20.8 Å². The van der Waals surface area contributed by atoms with Gasteiger partial charge in [-0.25, -0.2) is 0 Å². The van der Waals surface area contributed by atoms with Crippen molar-refractivity contribution in [3.63, 3.8) is 0 Å². The lowest BCUT2D eigenvalue weighted by molar-refractivity contribution is -0.125. The van der Waals surface area contributed by atoms with E-state index in [1.54, 1.807) is 0 Å². The zero-order chi connectivity index (χ0) is 10.5. The standard InChI is InChI=1S/C10H20ClNO/c1-5-10(4,6-2)12-9(13)8(3)7-11/h8H,5-7H2,1-4H3,(H,12,13). The Labute approximate surface area is 86.0 Å². The summed E-state index contributed by atoms with van der Waals surface area (Å²) in [4.78, 5) is 11.5. The maximum absolute atomic E-state index is 11.5. The Morgan fingerprint density at radius 2 is 1.92 bits per heavy atom. The highest BCUT2D eigenvalue weighted by atomic mass is 35.5. The Bertz CT molecular complexity index is 166. The SMILES string of the molecule is CCC(C)(CC)NC(=O)C(C)CCl. The number of amides is 1. The highest BCUT2D eigenvalue weighted by Gasteiger charge is 2.23. The minimum Gasteiger partial charge on any atom is -0.351 e. The molecule has 1 N–H and O–H groups in total. The van der Waals surface area contributed by atoms with E-state index in [0.29, 0.717) is 5.88 Å². The van der Waals surface area contributed by atoms with Gasteiger partial charge in [0, 0.05) is 17.3 Å². The van der Waals surface area contributed by atoms with E-state index in [9.17, 15) is 4.79 Å². The van der Waals surface area contributed by atoms with Gasteiger partial charge in [-0.15, -0.1) is 11.6 Å². The molecule has 0 heterocycles. The van der Waals surface area contributed by atoms with Gasteiger partial charge in [-0.3, -0.25) is 4.79 Å². The van der Waals surface area contributed by atoms with Gasteiger partial charge >= 0.3 is 0 Å². The second-order valence-corrected chi connectivity index (χ2v) is 4.12. The van der Waals surface area contributed by atoms with Crippen molar-refractivity contribution in [2.75, 3.05) is 5.88 Å². The third-order valence-corrected chi connectivity index (χ3v) is 3.13. The summed E-state index contributed by atoms with van der Waals surface area (Å²) in [6.45, 7) is 8.06. The predicted molar refractivity (Wildman–Crippen MR) is 57.0 cm³/mol. The molecular weight excluding hydrogens is 186 g/mol. The Morgan fingerprint density at radius 1 is 1.46 bits per heavy atom. The number of carbonyl (C=O) groups excluding carboxylic acids is 1. The largest absolute Gasteiger partial charge is 0.351 e. The van der Waals surface area contributed by atoms with E-state index >= 15 is 0 Å². The maximum atomic E-state index is 11.5. The molecule has 0 aromatic rings. The third-order valence-electron chi connectivity index (χ3n) is 2.66. The van der Waals surface area contributed by atoms with Crippen molar-refractivity contribution in [2.24, 2.45) is 5.92 Å². The van der Waals surface area contributed by atoms with Crippen molar-refractivity contribution >= 4 is 17.5 Å². The first-order valence-electron chi connectivity index (χ1n) is 4.87. The van der Waals surface area contributed by atoms with Crippen LogP contribution >= 0.6 is 11.6 Å². The first-order chi connectivity index (χ1) is 5.99. The number of rotatable bonds is 5. The molecule has 0 radical (unpaired) electrons. The van der Waals surface area contributed by atoms with Crippen LogP contribution in [0.2, 0.25) is 0 Å². The number of halogens is 1. The van der Waals surface area contributed by atoms with Crippen LogP contribution in [0.1, 0.15) is 40.5 Å². The molecule has 13 heavy (non-hydrogen) atoms. The second kappa shape index (κ2) is 5.48. The van der Waals surface area contributed by atoms with E-state index in [2.05, 4.69) is 26.1 Å². The first-order valence-corrected chi connectivity index (χ1v) is 5.40. The second-order valence-electron chi connectivity index (χ2n) is 3.81. The average Bonchev–Trinajstić information content (AvgIpc) is 2.16. The molecule has 0 bridgehead atoms. The van der Waals surface area contributed by atoms with Crippen LogP contribution in [0, 0.1) is 5.92 Å². The molecule has 1 amide bonds. The molecule has 0 spiro atoms. The smallest absolute Gasteiger partial charge is 0.224 e. The first kappa shape index (κ1) is 12.8. The molecule has 0 fully saturated rings. The Kier molecular flexibility index (Phi) is 5.38. The van der Waals surface area contributed by atoms with Gasteiger partial charge in [-0.2, -0.15) is 0 Å². The summed E-state index contributed by atoms with van der Waals surface area (Å²) < 4.78 is 0. The van der Waals surface area contributed by atoms with Crippen molar-refractivity contribution in [3.8, 4) is 0 Å². The van der Waals surface area contributed by atoms with Gasteiger partial charge in [0.05, 0.1) is 0 Å². The van der Waals surface area contributed by atoms with Crippen molar-refractivity contribution in [1.29, 1.82) is 0 Å². The van der Waals surface area contributed by atoms with Crippen LogP contribution in [0.4, 0.5) is 0 Å². The zero-order valence-electron chi connectivity index (χ0n) is 8.98. The number of hydrogen-bond donors (Lipinski definition) is 1. The number of alkyl halides is 1. The molecule has 0 aliphatic heterocycles. The van der Waals surface area contributed by atoms with E-state index in [0.717, 1.165) is 12.8 Å². The van der Waals surface area contributed by atoms with E-state index in [1.165, 1.54) is 0 Å². The van der Waals surface area contributed by atoms with Gasteiger partial charge in [0.25, 0.3) is 0 Å². The van der Waals surface area contributed by atoms with E-state index < -0.39 is 0 Å². The van der Waals surface area contributed by atoms with Gasteiger partial charge in [-0.05, 0) is 19.8 Å².